The first kappa shape index (κ1) is 20.5. The van der Waals surface area contributed by atoms with Gasteiger partial charge in [0.05, 0.1) is 18.4 Å². The average molecular weight is 449 g/mol. The summed E-state index contributed by atoms with van der Waals surface area (Å²) in [4.78, 5) is 23.9. The summed E-state index contributed by atoms with van der Waals surface area (Å²) < 4.78 is 2.05. The molecule has 1 fully saturated rings. The van der Waals surface area contributed by atoms with Gasteiger partial charge in [-0.3, -0.25) is 9.79 Å². The number of carbonyl (C=O) groups excluding carboxylic acids is 1. The molecule has 1 aromatic heterocycles. The van der Waals surface area contributed by atoms with Crippen LogP contribution in [0.25, 0.3) is 0 Å². The average Bonchev–Trinajstić information content (AvgIpc) is 2.88. The van der Waals surface area contributed by atoms with Gasteiger partial charge in [0, 0.05) is 54.2 Å². The summed E-state index contributed by atoms with van der Waals surface area (Å²) in [5.74, 6) is 1.86. The van der Waals surface area contributed by atoms with E-state index in [0.29, 0.717) is 19.5 Å². The third-order valence-electron chi connectivity index (χ3n) is 4.09. The molecule has 24 heavy (non-hydrogen) atoms. The fourth-order valence-corrected chi connectivity index (χ4v) is 2.71. The van der Waals surface area contributed by atoms with Crippen molar-refractivity contribution in [3.8, 4) is 0 Å². The van der Waals surface area contributed by atoms with Crippen LogP contribution in [0.1, 0.15) is 18.5 Å². The Labute approximate surface area is 160 Å². The lowest BCUT2D eigenvalue weighted by Gasteiger charge is -2.31. The fraction of sp³-hybridized carbons (Fsp3) is 0.667. The highest BCUT2D eigenvalue weighted by molar-refractivity contribution is 14.0. The first-order valence-electron chi connectivity index (χ1n) is 7.81. The zero-order valence-corrected chi connectivity index (χ0v) is 17.4. The minimum Gasteiger partial charge on any atom is -0.352 e. The number of aliphatic imine (C=N–C) groups is 1. The maximum absolute atomic E-state index is 11.5. The van der Waals surface area contributed by atoms with Gasteiger partial charge in [0.25, 0.3) is 0 Å². The molecule has 1 aliphatic rings. The molecule has 2 N–H and O–H groups in total. The Hall–Kier alpha value is -1.52. The molecule has 1 amide bonds. The predicted octanol–water partition coefficient (Wildman–Crippen LogP) is 0.390. The molecule has 1 unspecified atom stereocenters. The normalized spacial score (nSPS) is 18.2. The van der Waals surface area contributed by atoms with E-state index in [1.807, 2.05) is 43.9 Å². The number of aromatic nitrogens is 2. The number of rotatable bonds is 4. The lowest BCUT2D eigenvalue weighted by atomic mass is 10.1. The molecule has 9 heteroatoms. The van der Waals surface area contributed by atoms with Gasteiger partial charge < -0.3 is 25.0 Å². The molecule has 0 bridgehead atoms. The van der Waals surface area contributed by atoms with Gasteiger partial charge in [-0.1, -0.05) is 0 Å². The predicted molar refractivity (Wildman–Crippen MR) is 107 cm³/mol. The van der Waals surface area contributed by atoms with Crippen molar-refractivity contribution in [3.05, 3.63) is 11.9 Å². The number of nitrogens with zero attached hydrogens (tertiary/aromatic N) is 5. The molecule has 1 saturated heterocycles. The number of likely N-dealkylation sites (tertiary alicyclic amines) is 1. The van der Waals surface area contributed by atoms with Crippen molar-refractivity contribution in [2.24, 2.45) is 12.0 Å². The number of likely N-dealkylation sites (N-methyl/N-ethyl adjacent to an activating group) is 1. The molecule has 0 aliphatic carbocycles. The second-order valence-corrected chi connectivity index (χ2v) is 6.08. The van der Waals surface area contributed by atoms with E-state index in [-0.39, 0.29) is 35.9 Å². The SMILES string of the molecule is CN=C(NCc1cnc(N(C)C)n1C)NC1CCC(=O)N(C)C1.I. The van der Waals surface area contributed by atoms with E-state index in [4.69, 9.17) is 0 Å². The number of amides is 1. The van der Waals surface area contributed by atoms with Crippen LogP contribution in [0.5, 0.6) is 0 Å². The molecule has 0 saturated carbocycles. The third kappa shape index (κ3) is 4.99. The number of hydrogen-bond acceptors (Lipinski definition) is 4. The lowest BCUT2D eigenvalue weighted by molar-refractivity contribution is -0.132. The number of hydrogen-bond donors (Lipinski definition) is 2. The van der Waals surface area contributed by atoms with Crippen molar-refractivity contribution < 1.29 is 4.79 Å². The van der Waals surface area contributed by atoms with Crippen LogP contribution in [0, 0.1) is 0 Å². The molecule has 2 rings (SSSR count). The van der Waals surface area contributed by atoms with Crippen molar-refractivity contribution in [3.63, 3.8) is 0 Å². The van der Waals surface area contributed by atoms with Crippen molar-refractivity contribution >= 4 is 41.8 Å². The van der Waals surface area contributed by atoms with Gasteiger partial charge >= 0.3 is 0 Å². The number of anilines is 1. The van der Waals surface area contributed by atoms with Crippen molar-refractivity contribution in [2.75, 3.05) is 39.6 Å². The van der Waals surface area contributed by atoms with E-state index in [0.717, 1.165) is 24.0 Å². The number of piperidine rings is 1. The number of halogens is 1. The standard InChI is InChI=1S/C15H27N7O.HI/c1-16-14(19-11-6-7-13(23)21(4)10-11)17-8-12-9-18-15(20(2)3)22(12)5;/h9,11H,6-8,10H2,1-5H3,(H2,16,17,19);1H. The number of guanidine groups is 1. The summed E-state index contributed by atoms with van der Waals surface area (Å²) in [5, 5.41) is 6.69. The molecular formula is C15H28IN7O. The Morgan fingerprint density at radius 1 is 1.46 bits per heavy atom. The second kappa shape index (κ2) is 9.09. The molecule has 1 aromatic rings. The summed E-state index contributed by atoms with van der Waals surface area (Å²) in [5.41, 5.74) is 1.08. The monoisotopic (exact) mass is 449 g/mol. The van der Waals surface area contributed by atoms with E-state index < -0.39 is 0 Å². The highest BCUT2D eigenvalue weighted by Gasteiger charge is 2.23. The molecule has 136 valence electrons. The molecule has 1 aliphatic heterocycles. The highest BCUT2D eigenvalue weighted by Crippen LogP contribution is 2.11. The van der Waals surface area contributed by atoms with Gasteiger partial charge in [-0.05, 0) is 6.42 Å². The van der Waals surface area contributed by atoms with E-state index in [1.54, 1.807) is 11.9 Å². The van der Waals surface area contributed by atoms with Crippen LogP contribution >= 0.6 is 24.0 Å². The van der Waals surface area contributed by atoms with Crippen LogP contribution in [0.3, 0.4) is 0 Å². The summed E-state index contributed by atoms with van der Waals surface area (Å²) in [6.45, 7) is 1.34. The summed E-state index contributed by atoms with van der Waals surface area (Å²) in [6.07, 6.45) is 3.28. The van der Waals surface area contributed by atoms with Crippen molar-refractivity contribution in [2.45, 2.75) is 25.4 Å². The Morgan fingerprint density at radius 3 is 2.71 bits per heavy atom. The zero-order valence-electron chi connectivity index (χ0n) is 15.0. The smallest absolute Gasteiger partial charge is 0.222 e. The van der Waals surface area contributed by atoms with Crippen LogP contribution in [-0.2, 0) is 18.4 Å². The minimum atomic E-state index is 0. The summed E-state index contributed by atoms with van der Waals surface area (Å²) >= 11 is 0. The second-order valence-electron chi connectivity index (χ2n) is 6.08. The van der Waals surface area contributed by atoms with Crippen LogP contribution in [0.2, 0.25) is 0 Å². The summed E-state index contributed by atoms with van der Waals surface area (Å²) in [7, 11) is 9.53. The van der Waals surface area contributed by atoms with Crippen LogP contribution < -0.4 is 15.5 Å². The topological polar surface area (TPSA) is 77.8 Å². The van der Waals surface area contributed by atoms with Gasteiger partial charge in [0.2, 0.25) is 11.9 Å². The Morgan fingerprint density at radius 2 is 2.17 bits per heavy atom. The fourth-order valence-electron chi connectivity index (χ4n) is 2.71. The Kier molecular flexibility index (Phi) is 7.77. The number of nitrogens with one attached hydrogen (secondary N) is 2. The molecule has 1 atom stereocenters. The quantitative estimate of drug-likeness (QED) is 0.395. The largest absolute Gasteiger partial charge is 0.352 e. The third-order valence-corrected chi connectivity index (χ3v) is 4.09. The van der Waals surface area contributed by atoms with E-state index in [1.165, 1.54) is 0 Å². The van der Waals surface area contributed by atoms with Crippen LogP contribution in [0.15, 0.2) is 11.2 Å². The van der Waals surface area contributed by atoms with Gasteiger partial charge in [-0.15, -0.1) is 24.0 Å². The molecule has 0 spiro atoms. The molecule has 0 radical (unpaired) electrons. The van der Waals surface area contributed by atoms with Crippen LogP contribution in [-0.4, -0.2) is 67.1 Å². The van der Waals surface area contributed by atoms with E-state index >= 15 is 0 Å². The van der Waals surface area contributed by atoms with E-state index in [2.05, 4.69) is 20.6 Å². The van der Waals surface area contributed by atoms with Crippen LogP contribution in [0.4, 0.5) is 5.95 Å². The lowest BCUT2D eigenvalue weighted by Crippen LogP contribution is -2.51. The molecular weight excluding hydrogens is 421 g/mol. The van der Waals surface area contributed by atoms with Gasteiger partial charge in [-0.25, -0.2) is 4.98 Å². The van der Waals surface area contributed by atoms with E-state index in [9.17, 15) is 4.79 Å². The maximum Gasteiger partial charge on any atom is 0.222 e. The van der Waals surface area contributed by atoms with Gasteiger partial charge in [0.15, 0.2) is 5.96 Å². The van der Waals surface area contributed by atoms with Crippen molar-refractivity contribution in [1.29, 1.82) is 0 Å². The number of carbonyl (C=O) groups is 1. The molecule has 0 aromatic carbocycles. The van der Waals surface area contributed by atoms with Crippen molar-refractivity contribution in [1.82, 2.24) is 25.1 Å². The Balaban J connectivity index is 0.00000288. The maximum atomic E-state index is 11.5. The minimum absolute atomic E-state index is 0. The first-order valence-corrected chi connectivity index (χ1v) is 7.81. The zero-order chi connectivity index (χ0) is 17.0. The van der Waals surface area contributed by atoms with Gasteiger partial charge in [0.1, 0.15) is 0 Å². The highest BCUT2D eigenvalue weighted by atomic mass is 127. The first-order chi connectivity index (χ1) is 10.9. The number of imidazole rings is 1. The molecule has 2 heterocycles. The summed E-state index contributed by atoms with van der Waals surface area (Å²) in [6, 6.07) is 0.229. The Bertz CT molecular complexity index is 584. The van der Waals surface area contributed by atoms with Gasteiger partial charge in [-0.2, -0.15) is 0 Å². The molecule has 8 nitrogen and oxygen atoms in total.